The zero-order valence-electron chi connectivity index (χ0n) is 17.4. The topological polar surface area (TPSA) is 49.4 Å². The van der Waals surface area contributed by atoms with Gasteiger partial charge in [-0.2, -0.15) is 0 Å². The van der Waals surface area contributed by atoms with Gasteiger partial charge < -0.3 is 10.2 Å². The minimum atomic E-state index is -0.555. The van der Waals surface area contributed by atoms with Crippen molar-refractivity contribution in [2.24, 2.45) is 0 Å². The van der Waals surface area contributed by atoms with E-state index in [1.165, 1.54) is 11.1 Å². The van der Waals surface area contributed by atoms with Crippen molar-refractivity contribution in [2.45, 2.75) is 52.1 Å². The van der Waals surface area contributed by atoms with Crippen molar-refractivity contribution in [2.75, 3.05) is 5.75 Å². The van der Waals surface area contributed by atoms with Crippen LogP contribution in [0, 0.1) is 6.92 Å². The molecule has 2 amide bonds. The molecule has 2 rings (SSSR count). The second kappa shape index (κ2) is 11.3. The first-order chi connectivity index (χ1) is 13.8. The molecule has 1 N–H and O–H groups in total. The Bertz CT molecular complexity index is 807. The average molecular weight is 433 g/mol. The molecule has 0 fully saturated rings. The zero-order chi connectivity index (χ0) is 21.4. The zero-order valence-corrected chi connectivity index (χ0v) is 19.0. The summed E-state index contributed by atoms with van der Waals surface area (Å²) >= 11 is 7.53. The van der Waals surface area contributed by atoms with Crippen molar-refractivity contribution in [1.82, 2.24) is 10.2 Å². The van der Waals surface area contributed by atoms with Crippen LogP contribution in [-0.4, -0.2) is 34.6 Å². The molecule has 0 heterocycles. The maximum atomic E-state index is 13.0. The molecule has 2 aromatic carbocycles. The number of amides is 2. The quantitative estimate of drug-likeness (QED) is 0.617. The lowest BCUT2D eigenvalue weighted by Gasteiger charge is -2.29. The Morgan fingerprint density at radius 1 is 1.00 bits per heavy atom. The number of benzene rings is 2. The second-order valence-corrected chi connectivity index (χ2v) is 8.89. The summed E-state index contributed by atoms with van der Waals surface area (Å²) in [4.78, 5) is 27.2. The van der Waals surface area contributed by atoms with Crippen LogP contribution in [0.25, 0.3) is 0 Å². The van der Waals surface area contributed by atoms with Crippen molar-refractivity contribution in [1.29, 1.82) is 0 Å². The summed E-state index contributed by atoms with van der Waals surface area (Å²) in [6.45, 7) is 8.02. The number of hydrogen-bond donors (Lipinski definition) is 1. The van der Waals surface area contributed by atoms with Crippen LogP contribution in [0.3, 0.4) is 0 Å². The van der Waals surface area contributed by atoms with Gasteiger partial charge in [0.15, 0.2) is 0 Å². The van der Waals surface area contributed by atoms with E-state index in [1.54, 1.807) is 35.7 Å². The van der Waals surface area contributed by atoms with E-state index in [0.717, 1.165) is 11.3 Å². The summed E-state index contributed by atoms with van der Waals surface area (Å²) in [5.41, 5.74) is 3.34. The molecule has 0 aliphatic heterocycles. The van der Waals surface area contributed by atoms with Gasteiger partial charge in [-0.3, -0.25) is 9.59 Å². The van der Waals surface area contributed by atoms with Gasteiger partial charge in [0.05, 0.1) is 5.75 Å². The SMILES string of the molecule is Cc1ccc(CSCC(=O)N(Cc2ccc(Cl)cc2)[C@@H](C)C(=O)NC(C)C)cc1. The number of carbonyl (C=O) groups excluding carboxylic acids is 2. The second-order valence-electron chi connectivity index (χ2n) is 7.47. The lowest BCUT2D eigenvalue weighted by molar-refractivity contribution is -0.138. The van der Waals surface area contributed by atoms with E-state index < -0.39 is 6.04 Å². The minimum absolute atomic E-state index is 0.0216. The molecular formula is C23H29ClN2O2S. The largest absolute Gasteiger partial charge is 0.352 e. The number of nitrogens with one attached hydrogen (secondary N) is 1. The first kappa shape index (κ1) is 23.3. The van der Waals surface area contributed by atoms with Crippen LogP contribution in [0.15, 0.2) is 48.5 Å². The highest BCUT2D eigenvalue weighted by molar-refractivity contribution is 7.99. The Kier molecular flexibility index (Phi) is 9.05. The fourth-order valence-electron chi connectivity index (χ4n) is 2.80. The van der Waals surface area contributed by atoms with Crippen LogP contribution in [0.2, 0.25) is 5.02 Å². The summed E-state index contributed by atoms with van der Waals surface area (Å²) < 4.78 is 0. The number of rotatable bonds is 9. The predicted molar refractivity (Wildman–Crippen MR) is 122 cm³/mol. The third-order valence-corrected chi connectivity index (χ3v) is 5.72. The minimum Gasteiger partial charge on any atom is -0.352 e. The first-order valence-electron chi connectivity index (χ1n) is 9.74. The molecule has 0 aliphatic rings. The maximum Gasteiger partial charge on any atom is 0.242 e. The van der Waals surface area contributed by atoms with Gasteiger partial charge in [-0.05, 0) is 51.0 Å². The van der Waals surface area contributed by atoms with Crippen molar-refractivity contribution < 1.29 is 9.59 Å². The Labute approximate surface area is 183 Å². The number of hydrogen-bond acceptors (Lipinski definition) is 3. The molecule has 4 nitrogen and oxygen atoms in total. The Morgan fingerprint density at radius 3 is 2.17 bits per heavy atom. The Morgan fingerprint density at radius 2 is 1.59 bits per heavy atom. The first-order valence-corrected chi connectivity index (χ1v) is 11.3. The Hall–Kier alpha value is -1.98. The fraction of sp³-hybridized carbons (Fsp3) is 0.391. The van der Waals surface area contributed by atoms with E-state index in [-0.39, 0.29) is 17.9 Å². The van der Waals surface area contributed by atoms with Gasteiger partial charge in [0.25, 0.3) is 0 Å². The highest BCUT2D eigenvalue weighted by Crippen LogP contribution is 2.17. The van der Waals surface area contributed by atoms with E-state index in [2.05, 4.69) is 36.5 Å². The highest BCUT2D eigenvalue weighted by atomic mass is 35.5. The molecule has 0 spiro atoms. The summed E-state index contributed by atoms with van der Waals surface area (Å²) in [5, 5.41) is 3.54. The van der Waals surface area contributed by atoms with Crippen LogP contribution in [0.5, 0.6) is 0 Å². The molecule has 2 aromatic rings. The number of halogens is 1. The molecule has 0 bridgehead atoms. The summed E-state index contributed by atoms with van der Waals surface area (Å²) in [6, 6.07) is 15.1. The lowest BCUT2D eigenvalue weighted by Crippen LogP contribution is -2.49. The van der Waals surface area contributed by atoms with Crippen molar-refractivity contribution >= 4 is 35.2 Å². The van der Waals surface area contributed by atoms with Crippen LogP contribution in [0.1, 0.15) is 37.5 Å². The van der Waals surface area contributed by atoms with Crippen LogP contribution in [0.4, 0.5) is 0 Å². The molecule has 1 atom stereocenters. The molecule has 0 saturated heterocycles. The van der Waals surface area contributed by atoms with Crippen molar-refractivity contribution in [3.05, 3.63) is 70.2 Å². The molecule has 6 heteroatoms. The van der Waals surface area contributed by atoms with Gasteiger partial charge in [-0.25, -0.2) is 0 Å². The molecule has 0 aliphatic carbocycles. The molecule has 0 aromatic heterocycles. The van der Waals surface area contributed by atoms with Gasteiger partial charge >= 0.3 is 0 Å². The molecular weight excluding hydrogens is 404 g/mol. The van der Waals surface area contributed by atoms with Gasteiger partial charge in [-0.1, -0.05) is 53.6 Å². The van der Waals surface area contributed by atoms with Gasteiger partial charge in [0.1, 0.15) is 6.04 Å². The average Bonchev–Trinajstić information content (AvgIpc) is 2.68. The smallest absolute Gasteiger partial charge is 0.242 e. The van der Waals surface area contributed by atoms with Crippen LogP contribution >= 0.6 is 23.4 Å². The Balaban J connectivity index is 2.05. The van der Waals surface area contributed by atoms with Crippen LogP contribution < -0.4 is 5.32 Å². The highest BCUT2D eigenvalue weighted by Gasteiger charge is 2.26. The summed E-state index contributed by atoms with van der Waals surface area (Å²) in [7, 11) is 0. The molecule has 29 heavy (non-hydrogen) atoms. The van der Waals surface area contributed by atoms with E-state index in [4.69, 9.17) is 11.6 Å². The predicted octanol–water partition coefficient (Wildman–Crippen LogP) is 4.82. The fourth-order valence-corrected chi connectivity index (χ4v) is 3.79. The van der Waals surface area contributed by atoms with E-state index in [9.17, 15) is 9.59 Å². The third-order valence-electron chi connectivity index (χ3n) is 4.48. The maximum absolute atomic E-state index is 13.0. The molecule has 0 saturated carbocycles. The van der Waals surface area contributed by atoms with E-state index >= 15 is 0 Å². The monoisotopic (exact) mass is 432 g/mol. The standard InChI is InChI=1S/C23H29ClN2O2S/c1-16(2)25-23(28)18(4)26(13-19-9-11-21(24)12-10-19)22(27)15-29-14-20-7-5-17(3)6-8-20/h5-12,16,18H,13-15H2,1-4H3,(H,25,28)/t18-/m0/s1. The van der Waals surface area contributed by atoms with Crippen molar-refractivity contribution in [3.63, 3.8) is 0 Å². The molecule has 0 unspecified atom stereocenters. The van der Waals surface area contributed by atoms with E-state index in [0.29, 0.717) is 17.3 Å². The number of thioether (sulfide) groups is 1. The lowest BCUT2D eigenvalue weighted by atomic mass is 10.1. The van der Waals surface area contributed by atoms with Gasteiger partial charge in [0, 0.05) is 23.4 Å². The number of nitrogens with zero attached hydrogens (tertiary/aromatic N) is 1. The summed E-state index contributed by atoms with van der Waals surface area (Å²) in [6.07, 6.45) is 0. The van der Waals surface area contributed by atoms with Gasteiger partial charge in [-0.15, -0.1) is 11.8 Å². The van der Waals surface area contributed by atoms with Gasteiger partial charge in [0.2, 0.25) is 11.8 Å². The van der Waals surface area contributed by atoms with Crippen LogP contribution in [-0.2, 0) is 21.9 Å². The third kappa shape index (κ3) is 7.75. The number of aryl methyl sites for hydroxylation is 1. The number of carbonyl (C=O) groups is 2. The normalized spacial score (nSPS) is 11.9. The van der Waals surface area contributed by atoms with Crippen molar-refractivity contribution in [3.8, 4) is 0 Å². The molecule has 156 valence electrons. The van der Waals surface area contributed by atoms with E-state index in [1.807, 2.05) is 26.0 Å². The summed E-state index contributed by atoms with van der Waals surface area (Å²) in [5.74, 6) is 0.878. The molecule has 0 radical (unpaired) electrons.